The fourth-order valence-corrected chi connectivity index (χ4v) is 4.99. The van der Waals surface area contributed by atoms with Crippen LogP contribution in [0.4, 0.5) is 0 Å². The van der Waals surface area contributed by atoms with Gasteiger partial charge in [-0.05, 0) is 71.0 Å². The van der Waals surface area contributed by atoms with Crippen LogP contribution in [0.5, 0.6) is 0 Å². The van der Waals surface area contributed by atoms with Gasteiger partial charge in [-0.15, -0.1) is 0 Å². The molecular formula is C20H38N4O. The molecule has 5 nitrogen and oxygen atoms in total. The zero-order valence-corrected chi connectivity index (χ0v) is 16.5. The number of hydrogen-bond acceptors (Lipinski definition) is 3. The van der Waals surface area contributed by atoms with Gasteiger partial charge in [-0.25, -0.2) is 0 Å². The van der Waals surface area contributed by atoms with Crippen molar-refractivity contribution in [2.45, 2.75) is 70.9 Å². The van der Waals surface area contributed by atoms with Gasteiger partial charge in [-0.2, -0.15) is 0 Å². The number of rotatable bonds is 7. The molecule has 5 heteroatoms. The maximum atomic E-state index is 5.96. The highest BCUT2D eigenvalue weighted by Crippen LogP contribution is 2.57. The molecule has 3 fully saturated rings. The van der Waals surface area contributed by atoms with E-state index in [4.69, 9.17) is 4.74 Å². The molecule has 2 aliphatic carbocycles. The summed E-state index contributed by atoms with van der Waals surface area (Å²) in [6.07, 6.45) is 9.52. The molecule has 0 aromatic rings. The molecule has 1 spiro atoms. The molecular weight excluding hydrogens is 312 g/mol. The molecule has 3 rings (SSSR count). The third-order valence-electron chi connectivity index (χ3n) is 6.97. The number of guanidine groups is 1. The minimum absolute atomic E-state index is 0.389. The minimum Gasteiger partial charge on any atom is -0.378 e. The van der Waals surface area contributed by atoms with Crippen LogP contribution in [0, 0.1) is 11.3 Å². The van der Waals surface area contributed by atoms with E-state index in [-0.39, 0.29) is 0 Å². The first-order valence-corrected chi connectivity index (χ1v) is 10.5. The highest BCUT2D eigenvalue weighted by atomic mass is 16.5. The number of piperidine rings is 1. The summed E-state index contributed by atoms with van der Waals surface area (Å²) < 4.78 is 5.96. The van der Waals surface area contributed by atoms with Gasteiger partial charge in [0.15, 0.2) is 5.96 Å². The highest BCUT2D eigenvalue weighted by molar-refractivity contribution is 5.80. The van der Waals surface area contributed by atoms with Crippen molar-refractivity contribution in [2.24, 2.45) is 16.3 Å². The Bertz CT molecular complexity index is 441. The van der Waals surface area contributed by atoms with Gasteiger partial charge < -0.3 is 20.3 Å². The minimum atomic E-state index is 0.389. The first-order valence-electron chi connectivity index (χ1n) is 10.5. The fraction of sp³-hybridized carbons (Fsp3) is 0.950. The van der Waals surface area contributed by atoms with Crippen molar-refractivity contribution in [3.63, 3.8) is 0 Å². The Morgan fingerprint density at radius 1 is 1.24 bits per heavy atom. The maximum absolute atomic E-state index is 5.96. The summed E-state index contributed by atoms with van der Waals surface area (Å²) in [5, 5.41) is 7.25. The van der Waals surface area contributed by atoms with Gasteiger partial charge in [0.05, 0.1) is 6.10 Å². The van der Waals surface area contributed by atoms with E-state index >= 15 is 0 Å². The highest BCUT2D eigenvalue weighted by Gasteiger charge is 2.59. The standard InChI is InChI=1S/C20H38N4O/c1-4-24-13-8-16(9-14-24)7-12-22-19(21-3)23-17-15-18(25-5-2)20(17)10-6-11-20/h16-18H,4-15H2,1-3H3,(H2,21,22,23). The molecule has 0 aromatic heterocycles. The molecule has 1 aliphatic heterocycles. The van der Waals surface area contributed by atoms with Crippen molar-refractivity contribution in [3.05, 3.63) is 0 Å². The molecule has 0 bridgehead atoms. The summed E-state index contributed by atoms with van der Waals surface area (Å²) in [4.78, 5) is 7.02. The van der Waals surface area contributed by atoms with Gasteiger partial charge in [-0.3, -0.25) is 4.99 Å². The van der Waals surface area contributed by atoms with E-state index in [9.17, 15) is 0 Å². The van der Waals surface area contributed by atoms with Gasteiger partial charge >= 0.3 is 0 Å². The molecule has 1 saturated heterocycles. The van der Waals surface area contributed by atoms with Crippen LogP contribution in [0.15, 0.2) is 4.99 Å². The normalized spacial score (nSPS) is 30.0. The molecule has 0 amide bonds. The van der Waals surface area contributed by atoms with Crippen LogP contribution in [0.1, 0.15) is 58.8 Å². The molecule has 2 saturated carbocycles. The van der Waals surface area contributed by atoms with Crippen LogP contribution in [-0.4, -0.2) is 62.8 Å². The fourth-order valence-electron chi connectivity index (χ4n) is 4.99. The average molecular weight is 351 g/mol. The van der Waals surface area contributed by atoms with Crippen molar-refractivity contribution < 1.29 is 4.74 Å². The lowest BCUT2D eigenvalue weighted by Crippen LogP contribution is -2.68. The Morgan fingerprint density at radius 2 is 2.00 bits per heavy atom. The lowest BCUT2D eigenvalue weighted by molar-refractivity contribution is -0.168. The number of ether oxygens (including phenoxy) is 1. The van der Waals surface area contributed by atoms with E-state index in [0.29, 0.717) is 17.6 Å². The smallest absolute Gasteiger partial charge is 0.191 e. The Hall–Kier alpha value is -0.810. The van der Waals surface area contributed by atoms with Gasteiger partial charge in [0.25, 0.3) is 0 Å². The Kier molecular flexibility index (Phi) is 6.61. The van der Waals surface area contributed by atoms with E-state index in [1.54, 1.807) is 0 Å². The topological polar surface area (TPSA) is 48.9 Å². The van der Waals surface area contributed by atoms with Crippen LogP contribution >= 0.6 is 0 Å². The van der Waals surface area contributed by atoms with Crippen LogP contribution in [0.25, 0.3) is 0 Å². The predicted octanol–water partition coefficient (Wildman–Crippen LogP) is 2.62. The molecule has 25 heavy (non-hydrogen) atoms. The zero-order chi connectivity index (χ0) is 17.7. The number of nitrogens with zero attached hydrogens (tertiary/aromatic N) is 2. The maximum Gasteiger partial charge on any atom is 0.191 e. The summed E-state index contributed by atoms with van der Waals surface area (Å²) in [5.41, 5.74) is 0.389. The Morgan fingerprint density at radius 3 is 2.56 bits per heavy atom. The van der Waals surface area contributed by atoms with E-state index in [2.05, 4.69) is 34.4 Å². The largest absolute Gasteiger partial charge is 0.378 e. The second kappa shape index (κ2) is 8.72. The monoisotopic (exact) mass is 350 g/mol. The van der Waals surface area contributed by atoms with Gasteiger partial charge in [0.2, 0.25) is 0 Å². The van der Waals surface area contributed by atoms with Crippen molar-refractivity contribution in [1.82, 2.24) is 15.5 Å². The molecule has 1 heterocycles. The molecule has 2 N–H and O–H groups in total. The Labute approximate surface area is 154 Å². The van der Waals surface area contributed by atoms with E-state index < -0.39 is 0 Å². The lowest BCUT2D eigenvalue weighted by atomic mass is 9.51. The van der Waals surface area contributed by atoms with Gasteiger partial charge in [0, 0.05) is 31.7 Å². The molecule has 2 unspecified atom stereocenters. The molecule has 144 valence electrons. The van der Waals surface area contributed by atoms with Crippen LogP contribution in [0.2, 0.25) is 0 Å². The number of hydrogen-bond donors (Lipinski definition) is 2. The summed E-state index contributed by atoms with van der Waals surface area (Å²) in [6, 6.07) is 0.539. The molecule has 3 aliphatic rings. The van der Waals surface area contributed by atoms with Crippen molar-refractivity contribution in [3.8, 4) is 0 Å². The Balaban J connectivity index is 1.38. The van der Waals surface area contributed by atoms with E-state index in [0.717, 1.165) is 31.4 Å². The summed E-state index contributed by atoms with van der Waals surface area (Å²) in [7, 11) is 1.89. The number of aliphatic imine (C=N–C) groups is 1. The summed E-state index contributed by atoms with van der Waals surface area (Å²) in [6.45, 7) is 10.00. The number of nitrogens with one attached hydrogen (secondary N) is 2. The summed E-state index contributed by atoms with van der Waals surface area (Å²) >= 11 is 0. The second-order valence-electron chi connectivity index (χ2n) is 8.13. The van der Waals surface area contributed by atoms with Crippen molar-refractivity contribution in [1.29, 1.82) is 0 Å². The van der Waals surface area contributed by atoms with Crippen molar-refractivity contribution >= 4 is 5.96 Å². The van der Waals surface area contributed by atoms with E-state index in [1.165, 1.54) is 58.2 Å². The van der Waals surface area contributed by atoms with E-state index in [1.807, 2.05) is 7.05 Å². The second-order valence-corrected chi connectivity index (χ2v) is 8.13. The van der Waals surface area contributed by atoms with Crippen molar-refractivity contribution in [2.75, 3.05) is 39.8 Å². The lowest BCUT2D eigenvalue weighted by Gasteiger charge is -2.61. The van der Waals surface area contributed by atoms with Crippen LogP contribution < -0.4 is 10.6 Å². The van der Waals surface area contributed by atoms with Crippen LogP contribution in [-0.2, 0) is 4.74 Å². The van der Waals surface area contributed by atoms with Crippen LogP contribution in [0.3, 0.4) is 0 Å². The average Bonchev–Trinajstić information content (AvgIpc) is 2.58. The number of likely N-dealkylation sites (tertiary alicyclic amines) is 1. The molecule has 0 aromatic carbocycles. The third kappa shape index (κ3) is 4.13. The summed E-state index contributed by atoms with van der Waals surface area (Å²) in [5.74, 6) is 1.86. The van der Waals surface area contributed by atoms with Gasteiger partial charge in [0.1, 0.15) is 0 Å². The predicted molar refractivity (Wildman–Crippen MR) is 104 cm³/mol. The SMILES string of the molecule is CCOC1CC(NC(=NC)NCCC2CCN(CC)CC2)C12CCC2. The molecule has 2 atom stereocenters. The quantitative estimate of drug-likeness (QED) is 0.547. The first kappa shape index (κ1) is 19.0. The molecule has 0 radical (unpaired) electrons. The van der Waals surface area contributed by atoms with Gasteiger partial charge in [-0.1, -0.05) is 13.3 Å². The third-order valence-corrected chi connectivity index (χ3v) is 6.97. The first-order chi connectivity index (χ1) is 12.2. The zero-order valence-electron chi connectivity index (χ0n) is 16.5.